The zero-order valence-electron chi connectivity index (χ0n) is 12.5. The van der Waals surface area contributed by atoms with Crippen LogP contribution in [0, 0.1) is 6.92 Å². The van der Waals surface area contributed by atoms with E-state index >= 15 is 0 Å². The van der Waals surface area contributed by atoms with Crippen molar-refractivity contribution in [2.45, 2.75) is 39.2 Å². The number of aromatic nitrogens is 1. The van der Waals surface area contributed by atoms with Crippen LogP contribution in [0.4, 0.5) is 0 Å². The van der Waals surface area contributed by atoms with Gasteiger partial charge in [0.2, 0.25) is 18.2 Å². The summed E-state index contributed by atoms with van der Waals surface area (Å²) >= 11 is 0. The Morgan fingerprint density at radius 3 is 2.77 bits per heavy atom. The number of piperidine rings is 1. The summed E-state index contributed by atoms with van der Waals surface area (Å²) in [7, 11) is 0. The van der Waals surface area contributed by atoms with E-state index in [2.05, 4.69) is 10.3 Å². The summed E-state index contributed by atoms with van der Waals surface area (Å²) < 4.78 is 0. The molecule has 7 heteroatoms. The highest BCUT2D eigenvalue weighted by Gasteiger charge is 2.35. The number of amides is 4. The fourth-order valence-electron chi connectivity index (χ4n) is 2.38. The minimum atomic E-state index is -0.977. The molecule has 1 aromatic rings. The summed E-state index contributed by atoms with van der Waals surface area (Å²) in [6, 6.07) is 0.850. The molecule has 0 aliphatic carbocycles. The van der Waals surface area contributed by atoms with Crippen molar-refractivity contribution in [3.05, 3.63) is 29.1 Å². The fourth-order valence-corrected chi connectivity index (χ4v) is 2.38. The average Bonchev–Trinajstić information content (AvgIpc) is 2.49. The van der Waals surface area contributed by atoms with Crippen LogP contribution in [0.15, 0.2) is 12.3 Å². The molecule has 1 fully saturated rings. The van der Waals surface area contributed by atoms with Crippen LogP contribution in [0.5, 0.6) is 0 Å². The maximum atomic E-state index is 12.5. The van der Waals surface area contributed by atoms with Crippen LogP contribution in [0.25, 0.3) is 0 Å². The smallest absolute Gasteiger partial charge is 0.279 e. The molecule has 1 N–H and O–H groups in total. The van der Waals surface area contributed by atoms with Crippen LogP contribution in [-0.4, -0.2) is 40.1 Å². The molecule has 0 radical (unpaired) electrons. The molecule has 116 valence electrons. The number of carbonyl (C=O) groups excluding carboxylic acids is 4. The third-order valence-corrected chi connectivity index (χ3v) is 3.64. The van der Waals surface area contributed by atoms with E-state index in [9.17, 15) is 19.2 Å². The van der Waals surface area contributed by atoms with Crippen molar-refractivity contribution < 1.29 is 19.2 Å². The first-order valence-electron chi connectivity index (χ1n) is 7.05. The molecule has 22 heavy (non-hydrogen) atoms. The van der Waals surface area contributed by atoms with Gasteiger partial charge in [0, 0.05) is 12.6 Å². The summed E-state index contributed by atoms with van der Waals surface area (Å²) in [6.45, 7) is 3.70. The van der Waals surface area contributed by atoms with Gasteiger partial charge in [-0.15, -0.1) is 0 Å². The van der Waals surface area contributed by atoms with Gasteiger partial charge < -0.3 is 0 Å². The molecule has 1 aliphatic rings. The van der Waals surface area contributed by atoms with Crippen molar-refractivity contribution in [1.29, 1.82) is 0 Å². The first-order chi connectivity index (χ1) is 10.5. The normalized spacial score (nSPS) is 17.8. The van der Waals surface area contributed by atoms with Gasteiger partial charge in [0.1, 0.15) is 11.7 Å². The molecular formula is C15H17N3O4. The second-order valence-corrected chi connectivity index (χ2v) is 5.15. The molecule has 4 amide bonds. The summed E-state index contributed by atoms with van der Waals surface area (Å²) in [6.07, 6.45) is 2.90. The Kier molecular flexibility index (Phi) is 4.65. The lowest BCUT2D eigenvalue weighted by Gasteiger charge is -2.28. The molecule has 0 saturated carbocycles. The maximum Gasteiger partial charge on any atom is 0.279 e. The monoisotopic (exact) mass is 303 g/mol. The molecule has 1 saturated heterocycles. The van der Waals surface area contributed by atoms with Crippen LogP contribution in [-0.2, 0) is 20.8 Å². The largest absolute Gasteiger partial charge is 0.295 e. The Labute approximate surface area is 127 Å². The Balaban J connectivity index is 2.27. The van der Waals surface area contributed by atoms with Gasteiger partial charge in [-0.2, -0.15) is 0 Å². The van der Waals surface area contributed by atoms with Crippen molar-refractivity contribution in [1.82, 2.24) is 15.2 Å². The van der Waals surface area contributed by atoms with Gasteiger partial charge in [-0.1, -0.05) is 13.0 Å². The third-order valence-electron chi connectivity index (χ3n) is 3.64. The number of imide groups is 2. The van der Waals surface area contributed by atoms with Crippen molar-refractivity contribution in [2.24, 2.45) is 0 Å². The highest BCUT2D eigenvalue weighted by atomic mass is 16.2. The second-order valence-electron chi connectivity index (χ2n) is 5.15. The van der Waals surface area contributed by atoms with E-state index in [0.717, 1.165) is 16.9 Å². The molecular weight excluding hydrogens is 286 g/mol. The van der Waals surface area contributed by atoms with E-state index in [4.69, 9.17) is 0 Å². The Morgan fingerprint density at radius 1 is 1.50 bits per heavy atom. The average molecular weight is 303 g/mol. The van der Waals surface area contributed by atoms with E-state index in [1.807, 2.05) is 13.0 Å². The van der Waals surface area contributed by atoms with Gasteiger partial charge in [0.25, 0.3) is 5.91 Å². The number of hydrogen-bond donors (Lipinski definition) is 1. The number of pyridine rings is 1. The minimum Gasteiger partial charge on any atom is -0.295 e. The van der Waals surface area contributed by atoms with E-state index in [-0.39, 0.29) is 18.5 Å². The number of nitrogens with one attached hydrogen (secondary N) is 1. The SMILES string of the molecule is CCc1cnc(C(=O)N(C=O)C2CCC(=O)NC2=O)c(C)c1. The lowest BCUT2D eigenvalue weighted by molar-refractivity contribution is -0.139. The van der Waals surface area contributed by atoms with Crippen LogP contribution >= 0.6 is 0 Å². The third kappa shape index (κ3) is 3.03. The summed E-state index contributed by atoms with van der Waals surface area (Å²) in [5.41, 5.74) is 1.75. The van der Waals surface area contributed by atoms with Gasteiger partial charge in [-0.05, 0) is 30.9 Å². The predicted molar refractivity (Wildman–Crippen MR) is 76.8 cm³/mol. The number of rotatable bonds is 4. The van der Waals surface area contributed by atoms with Gasteiger partial charge >= 0.3 is 0 Å². The van der Waals surface area contributed by atoms with Crippen LogP contribution in [0.2, 0.25) is 0 Å². The zero-order chi connectivity index (χ0) is 16.3. The summed E-state index contributed by atoms with van der Waals surface area (Å²) in [5.74, 6) is -1.68. The van der Waals surface area contributed by atoms with Crippen molar-refractivity contribution in [2.75, 3.05) is 0 Å². The fraction of sp³-hybridized carbons (Fsp3) is 0.400. The Bertz CT molecular complexity index is 642. The van der Waals surface area contributed by atoms with Crippen molar-refractivity contribution in [3.8, 4) is 0 Å². The molecule has 0 spiro atoms. The molecule has 2 heterocycles. The molecule has 1 aromatic heterocycles. The lowest BCUT2D eigenvalue weighted by Crippen LogP contribution is -2.54. The van der Waals surface area contributed by atoms with Crippen LogP contribution in [0.1, 0.15) is 41.4 Å². The maximum absolute atomic E-state index is 12.5. The molecule has 7 nitrogen and oxygen atoms in total. The standard InChI is InChI=1S/C15H17N3O4/c1-3-10-6-9(2)13(16-7-10)15(22)18(8-19)11-4-5-12(20)17-14(11)21/h6-8,11H,3-5H2,1-2H3,(H,17,20,21). The van der Waals surface area contributed by atoms with Crippen LogP contribution < -0.4 is 5.32 Å². The van der Waals surface area contributed by atoms with Crippen molar-refractivity contribution in [3.63, 3.8) is 0 Å². The highest BCUT2D eigenvalue weighted by molar-refractivity contribution is 6.06. The first kappa shape index (κ1) is 15.8. The quantitative estimate of drug-likeness (QED) is 0.640. The highest BCUT2D eigenvalue weighted by Crippen LogP contribution is 2.16. The van der Waals surface area contributed by atoms with Gasteiger partial charge in [-0.3, -0.25) is 34.4 Å². The Morgan fingerprint density at radius 2 is 2.23 bits per heavy atom. The van der Waals surface area contributed by atoms with Gasteiger partial charge in [-0.25, -0.2) is 0 Å². The second kappa shape index (κ2) is 6.46. The lowest BCUT2D eigenvalue weighted by atomic mass is 10.0. The van der Waals surface area contributed by atoms with E-state index in [1.54, 1.807) is 13.1 Å². The number of carbonyl (C=O) groups is 4. The topological polar surface area (TPSA) is 96.4 Å². The molecule has 0 bridgehead atoms. The summed E-state index contributed by atoms with van der Waals surface area (Å²) in [5, 5.41) is 2.13. The first-order valence-corrected chi connectivity index (χ1v) is 7.05. The number of aryl methyl sites for hydroxylation is 2. The van der Waals surface area contributed by atoms with E-state index in [1.165, 1.54) is 0 Å². The molecule has 1 atom stereocenters. The van der Waals surface area contributed by atoms with E-state index < -0.39 is 23.8 Å². The summed E-state index contributed by atoms with van der Waals surface area (Å²) in [4.78, 5) is 51.7. The zero-order valence-corrected chi connectivity index (χ0v) is 12.5. The van der Waals surface area contributed by atoms with E-state index in [0.29, 0.717) is 12.0 Å². The van der Waals surface area contributed by atoms with Gasteiger partial charge in [0.15, 0.2) is 0 Å². The van der Waals surface area contributed by atoms with Crippen LogP contribution in [0.3, 0.4) is 0 Å². The molecule has 1 aliphatic heterocycles. The predicted octanol–water partition coefficient (Wildman–Crippen LogP) is 0.356. The Hall–Kier alpha value is -2.57. The minimum absolute atomic E-state index is 0.0925. The molecule has 1 unspecified atom stereocenters. The van der Waals surface area contributed by atoms with Gasteiger partial charge in [0.05, 0.1) is 0 Å². The number of nitrogens with zero attached hydrogens (tertiary/aromatic N) is 2. The number of hydrogen-bond acceptors (Lipinski definition) is 5. The molecule has 2 rings (SSSR count). The molecule has 0 aromatic carbocycles. The van der Waals surface area contributed by atoms with Crippen molar-refractivity contribution >= 4 is 24.1 Å².